The maximum Gasteiger partial charge on any atom is 0.230 e. The molecule has 1 amide bonds. The van der Waals surface area contributed by atoms with E-state index in [2.05, 4.69) is 10.3 Å². The van der Waals surface area contributed by atoms with Crippen LogP contribution in [0.15, 0.2) is 48.8 Å². The summed E-state index contributed by atoms with van der Waals surface area (Å²) in [6.45, 7) is 0.508. The number of carbonyl (C=O) groups is 2. The van der Waals surface area contributed by atoms with Crippen LogP contribution in [0.5, 0.6) is 0 Å². The van der Waals surface area contributed by atoms with Crippen LogP contribution in [-0.4, -0.2) is 29.3 Å². The molecule has 0 saturated heterocycles. The van der Waals surface area contributed by atoms with E-state index >= 15 is 0 Å². The van der Waals surface area contributed by atoms with E-state index in [-0.39, 0.29) is 17.4 Å². The summed E-state index contributed by atoms with van der Waals surface area (Å²) in [5.41, 5.74) is 8.30. The van der Waals surface area contributed by atoms with Crippen LogP contribution in [0.2, 0.25) is 5.02 Å². The second-order valence-corrected chi connectivity index (χ2v) is 12.2. The second-order valence-electron chi connectivity index (χ2n) is 11.7. The van der Waals surface area contributed by atoms with E-state index in [1.54, 1.807) is 12.4 Å². The summed E-state index contributed by atoms with van der Waals surface area (Å²) < 4.78 is 0. The summed E-state index contributed by atoms with van der Waals surface area (Å²) in [4.78, 5) is 30.8. The minimum absolute atomic E-state index is 0.0673. The molecule has 5 nitrogen and oxygen atoms in total. The van der Waals surface area contributed by atoms with Crippen LogP contribution >= 0.6 is 11.6 Å². The molecule has 3 N–H and O–H groups in total. The Hall–Kier alpha value is -2.24. The zero-order valence-electron chi connectivity index (χ0n) is 20.1. The number of hydrogen-bond donors (Lipinski definition) is 2. The van der Waals surface area contributed by atoms with E-state index in [0.29, 0.717) is 47.4 Å². The molecule has 5 aliphatic rings. The van der Waals surface area contributed by atoms with Gasteiger partial charge in [-0.15, -0.1) is 0 Å². The minimum atomic E-state index is -0.419. The Bertz CT molecular complexity index is 1100. The Morgan fingerprint density at radius 3 is 2.31 bits per heavy atom. The number of halogens is 1. The number of pyridine rings is 1. The fourth-order valence-corrected chi connectivity index (χ4v) is 8.16. The first-order valence-corrected chi connectivity index (χ1v) is 13.5. The molecule has 35 heavy (non-hydrogen) atoms. The van der Waals surface area contributed by atoms with E-state index in [4.69, 9.17) is 17.3 Å². The molecule has 0 radical (unpaired) electrons. The quantitative estimate of drug-likeness (QED) is 0.570. The summed E-state index contributed by atoms with van der Waals surface area (Å²) in [5.74, 6) is 2.50. The van der Waals surface area contributed by atoms with Crippen molar-refractivity contribution in [3.05, 3.63) is 64.9 Å². The van der Waals surface area contributed by atoms with E-state index in [0.717, 1.165) is 43.2 Å². The van der Waals surface area contributed by atoms with Gasteiger partial charge in [0.15, 0.2) is 0 Å². The summed E-state index contributed by atoms with van der Waals surface area (Å²) in [7, 11) is 0. The summed E-state index contributed by atoms with van der Waals surface area (Å²) in [6, 6.07) is 11.5. The van der Waals surface area contributed by atoms with Crippen LogP contribution < -0.4 is 11.1 Å². The molecule has 3 atom stereocenters. The lowest BCUT2D eigenvalue weighted by Crippen LogP contribution is -2.59. The Morgan fingerprint density at radius 1 is 1.03 bits per heavy atom. The molecule has 5 saturated carbocycles. The van der Waals surface area contributed by atoms with Gasteiger partial charge in [-0.25, -0.2) is 0 Å². The second kappa shape index (κ2) is 8.70. The van der Waals surface area contributed by atoms with Gasteiger partial charge in [-0.05, 0) is 104 Å². The van der Waals surface area contributed by atoms with Crippen LogP contribution in [0.4, 0.5) is 0 Å². The molecular formula is C29H34ClN3O2. The van der Waals surface area contributed by atoms with E-state index in [9.17, 15) is 9.59 Å². The molecule has 0 spiro atoms. The number of nitrogens with zero attached hydrogens (tertiary/aromatic N) is 1. The highest BCUT2D eigenvalue weighted by Crippen LogP contribution is 2.63. The van der Waals surface area contributed by atoms with E-state index in [1.807, 2.05) is 36.4 Å². The van der Waals surface area contributed by atoms with Gasteiger partial charge in [-0.2, -0.15) is 0 Å². The Kier molecular flexibility index (Phi) is 5.76. The molecule has 1 aromatic carbocycles. The topological polar surface area (TPSA) is 85.1 Å². The van der Waals surface area contributed by atoms with Crippen LogP contribution in [0.3, 0.4) is 0 Å². The number of ketones is 1. The molecule has 4 bridgehead atoms. The van der Waals surface area contributed by atoms with E-state index in [1.165, 1.54) is 12.8 Å². The van der Waals surface area contributed by atoms with Crippen molar-refractivity contribution in [1.29, 1.82) is 0 Å². The smallest absolute Gasteiger partial charge is 0.230 e. The van der Waals surface area contributed by atoms with Crippen LogP contribution in [0, 0.1) is 29.1 Å². The average molecular weight is 492 g/mol. The fraction of sp³-hybridized carbons (Fsp3) is 0.552. The molecule has 6 heteroatoms. The van der Waals surface area contributed by atoms with Gasteiger partial charge in [0.2, 0.25) is 5.91 Å². The predicted octanol–water partition coefficient (Wildman–Crippen LogP) is 4.46. The monoisotopic (exact) mass is 491 g/mol. The maximum atomic E-state index is 13.5. The number of Topliss-reactive ketones (excluding diaryl/α,β-unsaturated/α-hetero) is 1. The number of nitrogens with one attached hydrogen (secondary N) is 1. The summed E-state index contributed by atoms with van der Waals surface area (Å²) in [5, 5.41) is 3.89. The van der Waals surface area contributed by atoms with Crippen LogP contribution in [0.1, 0.15) is 56.1 Å². The van der Waals surface area contributed by atoms with Gasteiger partial charge < -0.3 is 11.1 Å². The lowest BCUT2D eigenvalue weighted by molar-refractivity contribution is -0.151. The first-order chi connectivity index (χ1) is 16.9. The summed E-state index contributed by atoms with van der Waals surface area (Å²) >= 11 is 6.04. The zero-order valence-corrected chi connectivity index (χ0v) is 20.8. The van der Waals surface area contributed by atoms with Crippen molar-refractivity contribution in [3.8, 4) is 0 Å². The molecule has 0 aliphatic heterocycles. The molecule has 5 aliphatic carbocycles. The first kappa shape index (κ1) is 23.2. The first-order valence-electron chi connectivity index (χ1n) is 13.1. The number of nitrogens with two attached hydrogens (primary N) is 1. The third-order valence-corrected chi connectivity index (χ3v) is 9.88. The number of aromatic nitrogens is 1. The lowest BCUT2D eigenvalue weighted by atomic mass is 9.44. The SMILES string of the molecule is NC(CNC(=O)C1(c2ccc(Cl)cc2)CC1)C1C2CC3CC1CC(C(=O)Cc1ccncc1)(C3)C2. The molecule has 184 valence electrons. The molecule has 3 unspecified atom stereocenters. The average Bonchev–Trinajstić information content (AvgIpc) is 3.65. The largest absolute Gasteiger partial charge is 0.354 e. The van der Waals surface area contributed by atoms with Crippen molar-refractivity contribution in [2.45, 2.75) is 62.8 Å². The maximum absolute atomic E-state index is 13.5. The Labute approximate surface area is 212 Å². The number of benzene rings is 1. The highest BCUT2D eigenvalue weighted by atomic mass is 35.5. The highest BCUT2D eigenvalue weighted by Gasteiger charge is 2.59. The van der Waals surface area contributed by atoms with Crippen molar-refractivity contribution in [2.75, 3.05) is 6.54 Å². The van der Waals surface area contributed by atoms with Gasteiger partial charge in [0, 0.05) is 41.8 Å². The number of carbonyl (C=O) groups excluding carboxylic acids is 2. The normalized spacial score (nSPS) is 32.7. The van der Waals surface area contributed by atoms with Crippen molar-refractivity contribution in [2.24, 2.45) is 34.8 Å². The molecule has 1 aromatic heterocycles. The van der Waals surface area contributed by atoms with Crippen LogP contribution in [-0.2, 0) is 21.4 Å². The fourth-order valence-electron chi connectivity index (χ4n) is 8.03. The van der Waals surface area contributed by atoms with Crippen molar-refractivity contribution in [3.63, 3.8) is 0 Å². The number of hydrogen-bond acceptors (Lipinski definition) is 4. The van der Waals surface area contributed by atoms with Gasteiger partial charge in [-0.1, -0.05) is 23.7 Å². The van der Waals surface area contributed by atoms with Crippen molar-refractivity contribution < 1.29 is 9.59 Å². The third kappa shape index (κ3) is 4.11. The minimum Gasteiger partial charge on any atom is -0.354 e. The lowest BCUT2D eigenvalue weighted by Gasteiger charge is -2.60. The number of amides is 1. The van der Waals surface area contributed by atoms with Gasteiger partial charge >= 0.3 is 0 Å². The number of rotatable bonds is 8. The molecule has 1 heterocycles. The van der Waals surface area contributed by atoms with Gasteiger partial charge in [0.05, 0.1) is 5.41 Å². The van der Waals surface area contributed by atoms with Gasteiger partial charge in [0.25, 0.3) is 0 Å². The Balaban J connectivity index is 1.10. The zero-order chi connectivity index (χ0) is 24.2. The van der Waals surface area contributed by atoms with Gasteiger partial charge in [0.1, 0.15) is 5.78 Å². The van der Waals surface area contributed by atoms with Crippen LogP contribution in [0.25, 0.3) is 0 Å². The third-order valence-electron chi connectivity index (χ3n) is 9.63. The van der Waals surface area contributed by atoms with Crippen molar-refractivity contribution in [1.82, 2.24) is 10.3 Å². The summed E-state index contributed by atoms with van der Waals surface area (Å²) in [6.07, 6.45) is 11.1. The molecule has 7 rings (SSSR count). The van der Waals surface area contributed by atoms with Gasteiger partial charge in [-0.3, -0.25) is 14.6 Å². The van der Waals surface area contributed by atoms with Crippen molar-refractivity contribution >= 4 is 23.3 Å². The predicted molar refractivity (Wildman–Crippen MR) is 136 cm³/mol. The molecule has 5 fully saturated rings. The van der Waals surface area contributed by atoms with E-state index < -0.39 is 5.41 Å². The Morgan fingerprint density at radius 2 is 1.69 bits per heavy atom. The highest BCUT2D eigenvalue weighted by molar-refractivity contribution is 6.30. The standard InChI is InChI=1S/C29H34ClN3O2/c30-23-3-1-22(2-4-23)29(7-8-29)27(35)33-17-24(31)26-20-11-19-12-21(26)16-28(14-19,15-20)25(34)13-18-5-9-32-10-6-18/h1-6,9-10,19-21,24,26H,7-8,11-17,31H2,(H,33,35). The molecule has 2 aromatic rings. The molecular weight excluding hydrogens is 458 g/mol.